The number of carbonyl (C=O) groups is 4. The smallest absolute Gasteiger partial charge is 0.243 e. The normalized spacial score (nSPS) is 28.9. The Morgan fingerprint density at radius 3 is 2.44 bits per heavy atom. The second-order valence-corrected chi connectivity index (χ2v) is 13.1. The summed E-state index contributed by atoms with van der Waals surface area (Å²) in [6.07, 6.45) is 5.94. The lowest BCUT2D eigenvalue weighted by Gasteiger charge is -2.33. The van der Waals surface area contributed by atoms with Crippen LogP contribution >= 0.6 is 0 Å². The predicted molar refractivity (Wildman–Crippen MR) is 147 cm³/mol. The van der Waals surface area contributed by atoms with E-state index in [2.05, 4.69) is 20.9 Å². The van der Waals surface area contributed by atoms with Crippen molar-refractivity contribution in [2.75, 3.05) is 13.1 Å². The summed E-state index contributed by atoms with van der Waals surface area (Å²) in [5.74, 6) is -0.397. The van der Waals surface area contributed by atoms with Gasteiger partial charge in [0.05, 0.1) is 12.5 Å². The van der Waals surface area contributed by atoms with E-state index in [1.807, 2.05) is 45.0 Å². The molecule has 0 unspecified atom stereocenters. The standard InChI is InChI=1S/C30H43N5O4/c1-30(2,3)15-27(37)33-21-13-24-28(38)31-16-20-9-5-4-8-19(20)12-26(36)32-22-14-25(29(39)35(24)18-21)34(17-22)23-10-6-7-11-23/h4-5,8-9,21-25H,6-7,10-18H2,1-3H3,(H,31,38)(H,32,36)(H,33,37)/t21-,22+,24-,25-/m0/s1. The number of hydrogen-bond acceptors (Lipinski definition) is 5. The molecule has 0 aromatic heterocycles. The largest absolute Gasteiger partial charge is 0.352 e. The van der Waals surface area contributed by atoms with Crippen molar-refractivity contribution < 1.29 is 19.2 Å². The Morgan fingerprint density at radius 2 is 1.72 bits per heavy atom. The van der Waals surface area contributed by atoms with Gasteiger partial charge < -0.3 is 20.9 Å². The van der Waals surface area contributed by atoms with Gasteiger partial charge in [-0.3, -0.25) is 24.1 Å². The molecule has 3 aliphatic heterocycles. The van der Waals surface area contributed by atoms with Gasteiger partial charge in [0.2, 0.25) is 23.6 Å². The van der Waals surface area contributed by atoms with E-state index < -0.39 is 6.04 Å². The van der Waals surface area contributed by atoms with Crippen molar-refractivity contribution in [1.29, 1.82) is 0 Å². The van der Waals surface area contributed by atoms with Crippen LogP contribution in [-0.2, 0) is 32.1 Å². The number of nitrogens with one attached hydrogen (secondary N) is 3. The Hall–Kier alpha value is -2.94. The fourth-order valence-electron chi connectivity index (χ4n) is 6.89. The quantitative estimate of drug-likeness (QED) is 0.545. The summed E-state index contributed by atoms with van der Waals surface area (Å²) in [6.45, 7) is 7.29. The van der Waals surface area contributed by atoms with E-state index in [0.29, 0.717) is 38.4 Å². The topological polar surface area (TPSA) is 111 Å². The van der Waals surface area contributed by atoms with E-state index in [1.165, 1.54) is 0 Å². The molecule has 1 aromatic carbocycles. The third-order valence-corrected chi connectivity index (χ3v) is 8.65. The van der Waals surface area contributed by atoms with Crippen LogP contribution in [0.5, 0.6) is 0 Å². The van der Waals surface area contributed by atoms with Crippen molar-refractivity contribution in [3.8, 4) is 0 Å². The number of fused-ring (bicyclic) bond motifs is 4. The summed E-state index contributed by atoms with van der Waals surface area (Å²) in [4.78, 5) is 57.6. The van der Waals surface area contributed by atoms with Crippen LogP contribution in [0.3, 0.4) is 0 Å². The van der Waals surface area contributed by atoms with Crippen LogP contribution in [0.25, 0.3) is 0 Å². The van der Waals surface area contributed by atoms with Gasteiger partial charge in [0.25, 0.3) is 0 Å². The van der Waals surface area contributed by atoms with Crippen LogP contribution < -0.4 is 16.0 Å². The Labute approximate surface area is 231 Å². The first-order valence-corrected chi connectivity index (χ1v) is 14.6. The number of rotatable bonds is 3. The first-order chi connectivity index (χ1) is 18.6. The molecule has 3 N–H and O–H groups in total. The molecule has 1 aliphatic carbocycles. The number of likely N-dealkylation sites (tertiary alicyclic amines) is 1. The molecule has 9 nitrogen and oxygen atoms in total. The maximum absolute atomic E-state index is 14.2. The van der Waals surface area contributed by atoms with Crippen LogP contribution in [0.15, 0.2) is 24.3 Å². The molecule has 2 bridgehead atoms. The van der Waals surface area contributed by atoms with Gasteiger partial charge in [0.15, 0.2) is 0 Å². The van der Waals surface area contributed by atoms with Crippen LogP contribution in [0.4, 0.5) is 0 Å². The molecule has 3 heterocycles. The molecule has 9 heteroatoms. The monoisotopic (exact) mass is 537 g/mol. The lowest BCUT2D eigenvalue weighted by Crippen LogP contribution is -2.53. The predicted octanol–water partition coefficient (Wildman–Crippen LogP) is 1.88. The minimum absolute atomic E-state index is 0.0583. The lowest BCUT2D eigenvalue weighted by molar-refractivity contribution is -0.142. The van der Waals surface area contributed by atoms with Crippen molar-refractivity contribution in [2.45, 2.75) is 109 Å². The fraction of sp³-hybridized carbons (Fsp3) is 0.667. The van der Waals surface area contributed by atoms with E-state index in [1.54, 1.807) is 4.90 Å². The second kappa shape index (κ2) is 11.3. The highest BCUT2D eigenvalue weighted by Crippen LogP contribution is 2.33. The number of benzene rings is 1. The van der Waals surface area contributed by atoms with Crippen LogP contribution in [0.1, 0.15) is 76.8 Å². The zero-order valence-electron chi connectivity index (χ0n) is 23.5. The van der Waals surface area contributed by atoms with Crippen molar-refractivity contribution in [2.24, 2.45) is 5.41 Å². The first kappa shape index (κ1) is 27.6. The molecule has 4 aliphatic rings. The summed E-state index contributed by atoms with van der Waals surface area (Å²) in [7, 11) is 0. The third kappa shape index (κ3) is 6.45. The van der Waals surface area contributed by atoms with Gasteiger partial charge in [-0.25, -0.2) is 0 Å². The maximum Gasteiger partial charge on any atom is 0.243 e. The van der Waals surface area contributed by atoms with Crippen molar-refractivity contribution in [1.82, 2.24) is 25.8 Å². The van der Waals surface area contributed by atoms with Gasteiger partial charge >= 0.3 is 0 Å². The molecular weight excluding hydrogens is 494 g/mol. The molecular formula is C30H43N5O4. The van der Waals surface area contributed by atoms with E-state index >= 15 is 0 Å². The van der Waals surface area contributed by atoms with Gasteiger partial charge in [-0.1, -0.05) is 57.9 Å². The molecule has 2 saturated heterocycles. The van der Waals surface area contributed by atoms with Gasteiger partial charge in [0, 0.05) is 44.2 Å². The average molecular weight is 538 g/mol. The van der Waals surface area contributed by atoms with Gasteiger partial charge in [-0.05, 0) is 42.2 Å². The summed E-state index contributed by atoms with van der Waals surface area (Å²) in [5, 5.41) is 9.33. The molecule has 0 radical (unpaired) electrons. The van der Waals surface area contributed by atoms with Gasteiger partial charge in [-0.2, -0.15) is 0 Å². The van der Waals surface area contributed by atoms with E-state index in [-0.39, 0.29) is 60.1 Å². The van der Waals surface area contributed by atoms with E-state index in [4.69, 9.17) is 0 Å². The summed E-state index contributed by atoms with van der Waals surface area (Å²) in [6, 6.07) is 6.57. The molecule has 39 heavy (non-hydrogen) atoms. The van der Waals surface area contributed by atoms with Gasteiger partial charge in [-0.15, -0.1) is 0 Å². The molecule has 1 aromatic rings. The number of amides is 4. The molecule has 4 amide bonds. The maximum atomic E-state index is 14.2. The average Bonchev–Trinajstić information content (AvgIpc) is 3.61. The molecule has 3 fully saturated rings. The number of carbonyl (C=O) groups excluding carboxylic acids is 4. The van der Waals surface area contributed by atoms with Crippen LogP contribution in [0, 0.1) is 5.41 Å². The molecule has 4 atom stereocenters. The van der Waals surface area contributed by atoms with E-state index in [9.17, 15) is 19.2 Å². The number of nitrogens with zero attached hydrogens (tertiary/aromatic N) is 2. The fourth-order valence-corrected chi connectivity index (χ4v) is 6.89. The highest BCUT2D eigenvalue weighted by atomic mass is 16.2. The minimum Gasteiger partial charge on any atom is -0.352 e. The Bertz CT molecular complexity index is 1110. The summed E-state index contributed by atoms with van der Waals surface area (Å²) in [5.41, 5.74) is 1.63. The van der Waals surface area contributed by atoms with Crippen LogP contribution in [0.2, 0.25) is 0 Å². The van der Waals surface area contributed by atoms with Gasteiger partial charge in [0.1, 0.15) is 6.04 Å². The number of hydrogen-bond donors (Lipinski definition) is 3. The lowest BCUT2D eigenvalue weighted by atomic mass is 9.92. The SMILES string of the molecule is CC(C)(C)CC(=O)N[C@H]1C[C@H]2C(=O)NCc3ccccc3CC(=O)N[C@@H]3C[C@@H](C(=O)N2C1)N(C1CCCC1)C3. The van der Waals surface area contributed by atoms with Crippen molar-refractivity contribution in [3.05, 3.63) is 35.4 Å². The summed E-state index contributed by atoms with van der Waals surface area (Å²) < 4.78 is 0. The highest BCUT2D eigenvalue weighted by Gasteiger charge is 2.48. The Balaban J connectivity index is 1.43. The van der Waals surface area contributed by atoms with Crippen molar-refractivity contribution in [3.63, 3.8) is 0 Å². The van der Waals surface area contributed by atoms with E-state index in [0.717, 1.165) is 36.8 Å². The molecule has 5 rings (SSSR count). The Morgan fingerprint density at radius 1 is 1.00 bits per heavy atom. The highest BCUT2D eigenvalue weighted by molar-refractivity contribution is 5.91. The van der Waals surface area contributed by atoms with Crippen LogP contribution in [-0.4, -0.2) is 76.7 Å². The summed E-state index contributed by atoms with van der Waals surface area (Å²) >= 11 is 0. The second-order valence-electron chi connectivity index (χ2n) is 13.1. The van der Waals surface area contributed by atoms with Crippen molar-refractivity contribution >= 4 is 23.6 Å². The minimum atomic E-state index is -0.647. The molecule has 0 spiro atoms. The third-order valence-electron chi connectivity index (χ3n) is 8.65. The Kier molecular flexibility index (Phi) is 7.99. The first-order valence-electron chi connectivity index (χ1n) is 14.6. The zero-order valence-corrected chi connectivity index (χ0v) is 23.5. The molecule has 212 valence electrons. The molecule has 1 saturated carbocycles. The zero-order chi connectivity index (χ0) is 27.7.